The first-order valence-electron chi connectivity index (χ1n) is 10.4. The summed E-state index contributed by atoms with van der Waals surface area (Å²) in [5.41, 5.74) is 0.991. The summed E-state index contributed by atoms with van der Waals surface area (Å²) in [5, 5.41) is 2.87. The Hall–Kier alpha value is -3.95. The molecule has 0 unspecified atom stereocenters. The average Bonchev–Trinajstić information content (AvgIpc) is 3.13. The zero-order valence-electron chi connectivity index (χ0n) is 18.6. The molecule has 0 radical (unpaired) electrons. The summed E-state index contributed by atoms with van der Waals surface area (Å²) < 4.78 is 36.4. The monoisotopic (exact) mass is 452 g/mol. The number of hydrogen-bond acceptors (Lipinski definition) is 7. The number of nitrogens with zero attached hydrogens (tertiary/aromatic N) is 5. The van der Waals surface area contributed by atoms with E-state index in [1.807, 2.05) is 18.4 Å². The molecular formula is C23H22F2N6O2. The second-order valence-corrected chi connectivity index (χ2v) is 7.67. The summed E-state index contributed by atoms with van der Waals surface area (Å²) in [5.74, 6) is -0.222. The van der Waals surface area contributed by atoms with E-state index in [-0.39, 0.29) is 41.2 Å². The molecule has 0 fully saturated rings. The third kappa shape index (κ3) is 4.50. The number of carbonyl (C=O) groups excluding carboxylic acids is 1. The van der Waals surface area contributed by atoms with Gasteiger partial charge in [-0.2, -0.15) is 0 Å². The standard InChI is InChI=1S/C23H22F2N6O2/c1-5-20(32)33-15-6-7-19(26-10-15)29-23-27-11-17(25)21(30-23)14-8-16(24)22-18(9-14)31(12(2)3)13(4)28-22/h6-12H,5H2,1-4H3,(H,26,27,29,30). The van der Waals surface area contributed by atoms with E-state index in [1.54, 1.807) is 32.0 Å². The zero-order chi connectivity index (χ0) is 23.7. The first kappa shape index (κ1) is 22.3. The number of fused-ring (bicyclic) bond motifs is 1. The molecule has 0 atom stereocenters. The summed E-state index contributed by atoms with van der Waals surface area (Å²) in [4.78, 5) is 28.0. The molecule has 0 aliphatic heterocycles. The third-order valence-electron chi connectivity index (χ3n) is 4.96. The lowest BCUT2D eigenvalue weighted by Gasteiger charge is -2.12. The van der Waals surface area contributed by atoms with Crippen molar-refractivity contribution in [2.45, 2.75) is 40.2 Å². The van der Waals surface area contributed by atoms with Crippen molar-refractivity contribution in [3.05, 3.63) is 54.1 Å². The van der Waals surface area contributed by atoms with Crippen molar-refractivity contribution in [3.8, 4) is 17.0 Å². The highest BCUT2D eigenvalue weighted by Gasteiger charge is 2.18. The maximum absolute atomic E-state index is 14.8. The molecule has 1 aromatic carbocycles. The number of ether oxygens (including phenoxy) is 1. The number of nitrogens with one attached hydrogen (secondary N) is 1. The van der Waals surface area contributed by atoms with Crippen molar-refractivity contribution in [1.82, 2.24) is 24.5 Å². The summed E-state index contributed by atoms with van der Waals surface area (Å²) in [6, 6.07) is 6.06. The minimum absolute atomic E-state index is 0.0442. The molecule has 1 N–H and O–H groups in total. The number of aromatic nitrogens is 5. The lowest BCUT2D eigenvalue weighted by atomic mass is 10.1. The molecule has 0 aliphatic carbocycles. The van der Waals surface area contributed by atoms with E-state index in [9.17, 15) is 13.6 Å². The van der Waals surface area contributed by atoms with Crippen LogP contribution in [0.3, 0.4) is 0 Å². The van der Waals surface area contributed by atoms with Gasteiger partial charge in [-0.05, 0) is 45.0 Å². The number of benzene rings is 1. The van der Waals surface area contributed by atoms with Crippen LogP contribution in [-0.4, -0.2) is 30.5 Å². The number of esters is 1. The highest BCUT2D eigenvalue weighted by Crippen LogP contribution is 2.30. The van der Waals surface area contributed by atoms with Gasteiger partial charge in [0.25, 0.3) is 0 Å². The zero-order valence-corrected chi connectivity index (χ0v) is 18.6. The van der Waals surface area contributed by atoms with E-state index in [1.165, 1.54) is 12.3 Å². The Kier molecular flexibility index (Phi) is 5.99. The fourth-order valence-corrected chi connectivity index (χ4v) is 3.52. The fraction of sp³-hybridized carbons (Fsp3) is 0.261. The molecule has 0 bridgehead atoms. The number of hydrogen-bond donors (Lipinski definition) is 1. The van der Waals surface area contributed by atoms with Crippen LogP contribution in [0.4, 0.5) is 20.5 Å². The number of pyridine rings is 1. The van der Waals surface area contributed by atoms with Gasteiger partial charge in [0.2, 0.25) is 5.95 Å². The first-order chi connectivity index (χ1) is 15.8. The summed E-state index contributed by atoms with van der Waals surface area (Å²) in [6.45, 7) is 7.42. The van der Waals surface area contributed by atoms with Crippen LogP contribution in [0.5, 0.6) is 5.75 Å². The molecule has 4 rings (SSSR count). The van der Waals surface area contributed by atoms with Gasteiger partial charge in [0.05, 0.1) is 17.9 Å². The Morgan fingerprint density at radius 2 is 1.91 bits per heavy atom. The van der Waals surface area contributed by atoms with E-state index < -0.39 is 11.6 Å². The van der Waals surface area contributed by atoms with Gasteiger partial charge >= 0.3 is 5.97 Å². The van der Waals surface area contributed by atoms with E-state index >= 15 is 0 Å². The molecule has 3 heterocycles. The SMILES string of the molecule is CCC(=O)Oc1ccc(Nc2ncc(F)c(-c3cc(F)c4nc(C)n(C(C)C)c4c3)n2)nc1. The normalized spacial score (nSPS) is 11.2. The summed E-state index contributed by atoms with van der Waals surface area (Å²) >= 11 is 0. The van der Waals surface area contributed by atoms with Crippen LogP contribution in [0.15, 0.2) is 36.7 Å². The largest absolute Gasteiger partial charge is 0.425 e. The van der Waals surface area contributed by atoms with Crippen molar-refractivity contribution < 1.29 is 18.3 Å². The number of rotatable bonds is 6. The maximum Gasteiger partial charge on any atom is 0.310 e. The predicted octanol–water partition coefficient (Wildman–Crippen LogP) is 5.11. The smallest absolute Gasteiger partial charge is 0.310 e. The maximum atomic E-state index is 14.8. The van der Waals surface area contributed by atoms with Gasteiger partial charge in [0.1, 0.15) is 28.6 Å². The van der Waals surface area contributed by atoms with E-state index in [0.29, 0.717) is 22.9 Å². The third-order valence-corrected chi connectivity index (χ3v) is 4.96. The highest BCUT2D eigenvalue weighted by molar-refractivity contribution is 5.83. The Bertz CT molecular complexity index is 1340. The Labute approximate surface area is 188 Å². The van der Waals surface area contributed by atoms with Gasteiger partial charge in [-0.1, -0.05) is 6.92 Å². The van der Waals surface area contributed by atoms with Crippen LogP contribution in [0.2, 0.25) is 0 Å². The molecule has 10 heteroatoms. The highest BCUT2D eigenvalue weighted by atomic mass is 19.1. The first-order valence-corrected chi connectivity index (χ1v) is 10.4. The van der Waals surface area contributed by atoms with Crippen molar-refractivity contribution in [3.63, 3.8) is 0 Å². The van der Waals surface area contributed by atoms with Gasteiger partial charge < -0.3 is 14.6 Å². The Morgan fingerprint density at radius 3 is 2.58 bits per heavy atom. The molecule has 0 spiro atoms. The number of carbonyl (C=O) groups is 1. The molecule has 170 valence electrons. The van der Waals surface area contributed by atoms with E-state index in [4.69, 9.17) is 4.74 Å². The second kappa shape index (κ2) is 8.89. The summed E-state index contributed by atoms with van der Waals surface area (Å²) in [6.07, 6.45) is 2.63. The quantitative estimate of drug-likeness (QED) is 0.406. The minimum Gasteiger partial charge on any atom is -0.425 e. The molecule has 0 amide bonds. The van der Waals surface area contributed by atoms with Crippen LogP contribution in [-0.2, 0) is 4.79 Å². The van der Waals surface area contributed by atoms with Gasteiger partial charge in [-0.25, -0.2) is 28.7 Å². The Morgan fingerprint density at radius 1 is 1.12 bits per heavy atom. The number of aryl methyl sites for hydroxylation is 1. The van der Waals surface area contributed by atoms with Gasteiger partial charge in [0.15, 0.2) is 11.6 Å². The van der Waals surface area contributed by atoms with Crippen LogP contribution in [0.25, 0.3) is 22.3 Å². The van der Waals surface area contributed by atoms with E-state index in [0.717, 1.165) is 6.20 Å². The average molecular weight is 452 g/mol. The van der Waals surface area contributed by atoms with Crippen molar-refractivity contribution >= 4 is 28.8 Å². The molecule has 4 aromatic rings. The lowest BCUT2D eigenvalue weighted by molar-refractivity contribution is -0.134. The van der Waals surface area contributed by atoms with Gasteiger partial charge in [0, 0.05) is 18.0 Å². The number of halogens is 2. The van der Waals surface area contributed by atoms with Crippen LogP contribution < -0.4 is 10.1 Å². The van der Waals surface area contributed by atoms with Gasteiger partial charge in [-0.3, -0.25) is 4.79 Å². The molecule has 33 heavy (non-hydrogen) atoms. The number of imidazole rings is 1. The van der Waals surface area contributed by atoms with Crippen molar-refractivity contribution in [2.75, 3.05) is 5.32 Å². The van der Waals surface area contributed by atoms with Gasteiger partial charge in [-0.15, -0.1) is 0 Å². The van der Waals surface area contributed by atoms with E-state index in [2.05, 4.69) is 25.3 Å². The number of anilines is 2. The topological polar surface area (TPSA) is 94.8 Å². The van der Waals surface area contributed by atoms with Crippen LogP contribution in [0, 0.1) is 18.6 Å². The molecule has 0 aliphatic rings. The molecule has 3 aromatic heterocycles. The van der Waals surface area contributed by atoms with Crippen LogP contribution in [0.1, 0.15) is 39.1 Å². The fourth-order valence-electron chi connectivity index (χ4n) is 3.52. The lowest BCUT2D eigenvalue weighted by Crippen LogP contribution is -2.06. The van der Waals surface area contributed by atoms with Crippen molar-refractivity contribution in [2.24, 2.45) is 0 Å². The van der Waals surface area contributed by atoms with Crippen molar-refractivity contribution in [1.29, 1.82) is 0 Å². The van der Waals surface area contributed by atoms with Crippen LogP contribution >= 0.6 is 0 Å². The molecule has 0 saturated carbocycles. The minimum atomic E-state index is -0.693. The predicted molar refractivity (Wildman–Crippen MR) is 119 cm³/mol. The molecular weight excluding hydrogens is 430 g/mol. The Balaban J connectivity index is 1.67. The molecule has 8 nitrogen and oxygen atoms in total. The molecule has 0 saturated heterocycles. The second-order valence-electron chi connectivity index (χ2n) is 7.67. The summed E-state index contributed by atoms with van der Waals surface area (Å²) in [7, 11) is 0.